The number of carbonyl (C=O) groups is 1. The first-order valence-corrected chi connectivity index (χ1v) is 8.34. The number of carboxylic acid groups (broad SMARTS) is 1. The van der Waals surface area contributed by atoms with Gasteiger partial charge in [-0.05, 0) is 25.3 Å². The molecular weight excluding hydrogens is 296 g/mol. The van der Waals surface area contributed by atoms with Crippen molar-refractivity contribution in [3.05, 3.63) is 18.0 Å². The lowest BCUT2D eigenvalue weighted by molar-refractivity contribution is 0.0236. The highest BCUT2D eigenvalue weighted by molar-refractivity contribution is 7.89. The zero-order valence-corrected chi connectivity index (χ0v) is 12.9. The van der Waals surface area contributed by atoms with Gasteiger partial charge in [-0.15, -0.1) is 0 Å². The van der Waals surface area contributed by atoms with Gasteiger partial charge in [-0.25, -0.2) is 17.9 Å². The fourth-order valence-electron chi connectivity index (χ4n) is 2.38. The van der Waals surface area contributed by atoms with Gasteiger partial charge >= 0.3 is 5.97 Å². The van der Waals surface area contributed by atoms with Gasteiger partial charge in [-0.2, -0.15) is 0 Å². The molecule has 0 aliphatic heterocycles. The van der Waals surface area contributed by atoms with E-state index < -0.39 is 16.0 Å². The highest BCUT2D eigenvalue weighted by Crippen LogP contribution is 2.25. The molecule has 0 atom stereocenters. The number of hydrogen-bond donors (Lipinski definition) is 2. The number of aryl methyl sites for hydroxylation is 1. The molecule has 2 rings (SSSR count). The van der Waals surface area contributed by atoms with Crippen LogP contribution >= 0.6 is 0 Å². The Morgan fingerprint density at radius 1 is 1.52 bits per heavy atom. The molecule has 7 nitrogen and oxygen atoms in total. The standard InChI is InChI=1S/C13H20N2O5S/c1-3-4-15-8-11(7-12(15)13(16)17)21(18,19)14-9-5-10(6-9)20-2/h7-10,14H,3-6H2,1-2H3,(H,16,17). The van der Waals surface area contributed by atoms with Crippen LogP contribution < -0.4 is 4.72 Å². The molecule has 0 unspecified atom stereocenters. The van der Waals surface area contributed by atoms with E-state index in [-0.39, 0.29) is 22.7 Å². The van der Waals surface area contributed by atoms with E-state index in [1.54, 1.807) is 7.11 Å². The summed E-state index contributed by atoms with van der Waals surface area (Å²) in [7, 11) is -2.10. The molecule has 0 amide bonds. The van der Waals surface area contributed by atoms with Crippen molar-refractivity contribution in [2.45, 2.75) is 49.8 Å². The van der Waals surface area contributed by atoms with Gasteiger partial charge in [0.25, 0.3) is 0 Å². The molecule has 8 heteroatoms. The van der Waals surface area contributed by atoms with Crippen molar-refractivity contribution in [1.29, 1.82) is 0 Å². The van der Waals surface area contributed by atoms with Crippen LogP contribution in [0.3, 0.4) is 0 Å². The normalized spacial score (nSPS) is 22.0. The summed E-state index contributed by atoms with van der Waals surface area (Å²) >= 11 is 0. The Kier molecular flexibility index (Phi) is 4.70. The van der Waals surface area contributed by atoms with E-state index >= 15 is 0 Å². The first-order chi connectivity index (χ1) is 9.87. The lowest BCUT2D eigenvalue weighted by atomic mass is 9.90. The van der Waals surface area contributed by atoms with Crippen molar-refractivity contribution < 1.29 is 23.1 Å². The molecule has 0 spiro atoms. The Morgan fingerprint density at radius 3 is 2.71 bits per heavy atom. The third kappa shape index (κ3) is 3.45. The molecule has 1 fully saturated rings. The van der Waals surface area contributed by atoms with Crippen molar-refractivity contribution in [2.75, 3.05) is 7.11 Å². The average Bonchev–Trinajstić information content (AvgIpc) is 2.78. The number of rotatable bonds is 7. The molecule has 0 radical (unpaired) electrons. The van der Waals surface area contributed by atoms with E-state index in [0.717, 1.165) is 6.42 Å². The Balaban J connectivity index is 2.16. The topological polar surface area (TPSA) is 97.6 Å². The Bertz CT molecular complexity index is 617. The van der Waals surface area contributed by atoms with Crippen LogP contribution in [0.4, 0.5) is 0 Å². The molecule has 118 valence electrons. The maximum absolute atomic E-state index is 12.3. The summed E-state index contributed by atoms with van der Waals surface area (Å²) in [4.78, 5) is 11.2. The fraction of sp³-hybridized carbons (Fsp3) is 0.615. The van der Waals surface area contributed by atoms with E-state index in [0.29, 0.717) is 19.4 Å². The highest BCUT2D eigenvalue weighted by atomic mass is 32.2. The second-order valence-corrected chi connectivity index (χ2v) is 6.92. The van der Waals surface area contributed by atoms with Crippen LogP contribution in [0, 0.1) is 0 Å². The van der Waals surface area contributed by atoms with Crippen LogP contribution in [0.1, 0.15) is 36.7 Å². The molecule has 1 aliphatic rings. The summed E-state index contributed by atoms with van der Waals surface area (Å²) in [5.74, 6) is -1.13. The first kappa shape index (κ1) is 16.0. The van der Waals surface area contributed by atoms with Crippen molar-refractivity contribution in [3.63, 3.8) is 0 Å². The van der Waals surface area contributed by atoms with Crippen molar-refractivity contribution in [1.82, 2.24) is 9.29 Å². The van der Waals surface area contributed by atoms with E-state index in [1.165, 1.54) is 16.8 Å². The molecule has 1 heterocycles. The van der Waals surface area contributed by atoms with Gasteiger partial charge in [-0.3, -0.25) is 0 Å². The summed E-state index contributed by atoms with van der Waals surface area (Å²) in [6, 6.07) is 1.05. The number of ether oxygens (including phenoxy) is 1. The second kappa shape index (κ2) is 6.17. The third-order valence-electron chi connectivity index (χ3n) is 3.62. The summed E-state index contributed by atoms with van der Waals surface area (Å²) in [5.41, 5.74) is -0.0133. The zero-order valence-electron chi connectivity index (χ0n) is 12.1. The third-order valence-corrected chi connectivity index (χ3v) is 5.10. The number of aromatic nitrogens is 1. The molecule has 1 aromatic heterocycles. The summed E-state index contributed by atoms with van der Waals surface area (Å²) in [6.07, 6.45) is 3.47. The van der Waals surface area contributed by atoms with Crippen molar-refractivity contribution in [2.24, 2.45) is 0 Å². The molecular formula is C13H20N2O5S. The van der Waals surface area contributed by atoms with E-state index in [4.69, 9.17) is 9.84 Å². The van der Waals surface area contributed by atoms with E-state index in [9.17, 15) is 13.2 Å². The van der Waals surface area contributed by atoms with E-state index in [2.05, 4.69) is 4.72 Å². The average molecular weight is 316 g/mol. The maximum atomic E-state index is 12.3. The first-order valence-electron chi connectivity index (χ1n) is 6.86. The maximum Gasteiger partial charge on any atom is 0.352 e. The monoisotopic (exact) mass is 316 g/mol. The van der Waals surface area contributed by atoms with Gasteiger partial charge in [-0.1, -0.05) is 6.92 Å². The van der Waals surface area contributed by atoms with Crippen LogP contribution in [0.15, 0.2) is 17.2 Å². The Hall–Kier alpha value is -1.38. The van der Waals surface area contributed by atoms with Crippen LogP contribution in [-0.4, -0.2) is 43.3 Å². The van der Waals surface area contributed by atoms with Gasteiger partial charge in [0, 0.05) is 25.9 Å². The summed E-state index contributed by atoms with van der Waals surface area (Å²) in [5, 5.41) is 9.12. The van der Waals surface area contributed by atoms with Crippen molar-refractivity contribution in [3.8, 4) is 0 Å². The Morgan fingerprint density at radius 2 is 2.19 bits per heavy atom. The van der Waals surface area contributed by atoms with Crippen LogP contribution in [0.5, 0.6) is 0 Å². The minimum Gasteiger partial charge on any atom is -0.477 e. The van der Waals surface area contributed by atoms with E-state index in [1.807, 2.05) is 6.92 Å². The molecule has 1 saturated carbocycles. The molecule has 0 aromatic carbocycles. The molecule has 2 N–H and O–H groups in total. The predicted molar refractivity (Wildman–Crippen MR) is 75.8 cm³/mol. The van der Waals surface area contributed by atoms with Crippen molar-refractivity contribution >= 4 is 16.0 Å². The number of methoxy groups -OCH3 is 1. The van der Waals surface area contributed by atoms with Crippen LogP contribution in [-0.2, 0) is 21.3 Å². The SMILES string of the molecule is CCCn1cc(S(=O)(=O)NC2CC(OC)C2)cc1C(=O)O. The second-order valence-electron chi connectivity index (χ2n) is 5.21. The fourth-order valence-corrected chi connectivity index (χ4v) is 3.68. The largest absolute Gasteiger partial charge is 0.477 e. The smallest absolute Gasteiger partial charge is 0.352 e. The van der Waals surface area contributed by atoms with Gasteiger partial charge < -0.3 is 14.4 Å². The van der Waals surface area contributed by atoms with Gasteiger partial charge in [0.05, 0.1) is 6.10 Å². The minimum atomic E-state index is -3.70. The molecule has 1 aliphatic carbocycles. The van der Waals surface area contributed by atoms with Gasteiger partial charge in [0.2, 0.25) is 10.0 Å². The number of nitrogens with one attached hydrogen (secondary N) is 1. The van der Waals surface area contributed by atoms with Crippen LogP contribution in [0.2, 0.25) is 0 Å². The summed E-state index contributed by atoms with van der Waals surface area (Å²) < 4.78 is 33.7. The number of nitrogens with zero attached hydrogens (tertiary/aromatic N) is 1. The Labute approximate surface area is 124 Å². The zero-order chi connectivity index (χ0) is 15.6. The predicted octanol–water partition coefficient (Wildman–Crippen LogP) is 1.05. The minimum absolute atomic E-state index is 0.00535. The number of carboxylic acids is 1. The number of sulfonamides is 1. The van der Waals surface area contributed by atoms with Gasteiger partial charge in [0.1, 0.15) is 10.6 Å². The highest BCUT2D eigenvalue weighted by Gasteiger charge is 2.33. The molecule has 0 saturated heterocycles. The number of hydrogen-bond acceptors (Lipinski definition) is 4. The molecule has 0 bridgehead atoms. The number of aromatic carboxylic acids is 1. The lowest BCUT2D eigenvalue weighted by Crippen LogP contribution is -2.47. The quantitative estimate of drug-likeness (QED) is 0.783. The molecule has 1 aromatic rings. The summed E-state index contributed by atoms with van der Waals surface area (Å²) in [6.45, 7) is 2.36. The van der Waals surface area contributed by atoms with Crippen LogP contribution in [0.25, 0.3) is 0 Å². The molecule has 21 heavy (non-hydrogen) atoms. The lowest BCUT2D eigenvalue weighted by Gasteiger charge is -2.34. The van der Waals surface area contributed by atoms with Gasteiger partial charge in [0.15, 0.2) is 0 Å².